The summed E-state index contributed by atoms with van der Waals surface area (Å²) in [7, 11) is 6.52. The van der Waals surface area contributed by atoms with E-state index in [2.05, 4.69) is 56.2 Å². The molecule has 0 amide bonds. The summed E-state index contributed by atoms with van der Waals surface area (Å²) in [6.07, 6.45) is 5.74. The molecule has 8 nitrogen and oxygen atoms in total. The molecule has 0 saturated carbocycles. The van der Waals surface area contributed by atoms with Crippen LogP contribution in [-0.2, 0) is 13.1 Å². The number of rotatable bonds is 12. The first-order valence-electron chi connectivity index (χ1n) is 16.1. The van der Waals surface area contributed by atoms with Gasteiger partial charge in [0.1, 0.15) is 11.6 Å². The Kier molecular flexibility index (Phi) is 10.4. The average molecular weight is 649 g/mol. The van der Waals surface area contributed by atoms with Crippen LogP contribution >= 0.6 is 0 Å². The normalized spacial score (nSPS) is 13.6. The van der Waals surface area contributed by atoms with Crippen LogP contribution in [0.1, 0.15) is 24.0 Å². The summed E-state index contributed by atoms with van der Waals surface area (Å²) in [5.41, 5.74) is 6.98. The van der Waals surface area contributed by atoms with E-state index in [0.29, 0.717) is 23.3 Å². The molecule has 3 aromatic carbocycles. The first kappa shape index (κ1) is 32.8. The van der Waals surface area contributed by atoms with Crippen LogP contribution < -0.4 is 23.8 Å². The van der Waals surface area contributed by atoms with Crippen molar-refractivity contribution in [1.82, 2.24) is 14.9 Å². The Balaban J connectivity index is 1.17. The molecule has 5 aromatic rings. The van der Waals surface area contributed by atoms with Crippen molar-refractivity contribution in [1.29, 1.82) is 0 Å². The molecule has 1 saturated heterocycles. The summed E-state index contributed by atoms with van der Waals surface area (Å²) in [6, 6.07) is 27.4. The van der Waals surface area contributed by atoms with Gasteiger partial charge >= 0.3 is 0 Å². The van der Waals surface area contributed by atoms with Gasteiger partial charge in [-0.15, -0.1) is 0 Å². The number of hydrogen-bond donors (Lipinski definition) is 0. The fourth-order valence-corrected chi connectivity index (χ4v) is 6.36. The SMILES string of the molecule is COc1ccc(N(Cc2ccnc(-c3ccc(F)cc3)c2)C2CCN(Cc3ccnc(-c4cc(OC)c(OC)c(OC)c4)c3)CC2)cc1. The molecule has 0 N–H and O–H groups in total. The molecule has 1 aliphatic rings. The summed E-state index contributed by atoms with van der Waals surface area (Å²) >= 11 is 0. The third-order valence-corrected chi connectivity index (χ3v) is 8.91. The number of hydrogen-bond acceptors (Lipinski definition) is 8. The first-order chi connectivity index (χ1) is 23.5. The molecule has 2 aromatic heterocycles. The molecule has 1 aliphatic heterocycles. The summed E-state index contributed by atoms with van der Waals surface area (Å²) in [4.78, 5) is 14.2. The standard InChI is InChI=1S/C39H41FN4O4/c1-45-34-11-9-32(10-12-34)44(26-28-14-18-41-35(22-28)29-5-7-31(40)8-6-29)33-15-19-43(20-16-33)25-27-13-17-42-36(21-27)30-23-37(46-2)39(48-4)38(24-30)47-3/h5-14,17-18,21-24,33H,15-16,19-20,25-26H2,1-4H3. The third-order valence-electron chi connectivity index (χ3n) is 8.91. The number of piperidine rings is 1. The maximum Gasteiger partial charge on any atom is 0.203 e. The van der Waals surface area contributed by atoms with Crippen molar-refractivity contribution in [2.75, 3.05) is 46.4 Å². The fourth-order valence-electron chi connectivity index (χ4n) is 6.36. The average Bonchev–Trinajstić information content (AvgIpc) is 3.14. The highest BCUT2D eigenvalue weighted by molar-refractivity contribution is 5.69. The Labute approximate surface area is 281 Å². The lowest BCUT2D eigenvalue weighted by molar-refractivity contribution is 0.201. The number of pyridine rings is 2. The molecule has 48 heavy (non-hydrogen) atoms. The minimum Gasteiger partial charge on any atom is -0.497 e. The van der Waals surface area contributed by atoms with Gasteiger partial charge in [0.15, 0.2) is 11.5 Å². The van der Waals surface area contributed by atoms with E-state index in [1.807, 2.05) is 36.7 Å². The quantitative estimate of drug-likeness (QED) is 0.137. The highest BCUT2D eigenvalue weighted by Gasteiger charge is 2.26. The molecule has 9 heteroatoms. The Hall–Kier alpha value is -5.15. The lowest BCUT2D eigenvalue weighted by Gasteiger charge is -2.40. The number of halogens is 1. The second kappa shape index (κ2) is 15.2. The number of nitrogens with zero attached hydrogens (tertiary/aromatic N) is 4. The fraction of sp³-hybridized carbons (Fsp3) is 0.282. The van der Waals surface area contributed by atoms with Gasteiger partial charge < -0.3 is 23.8 Å². The zero-order valence-electron chi connectivity index (χ0n) is 27.9. The van der Waals surface area contributed by atoms with Gasteiger partial charge in [-0.3, -0.25) is 14.9 Å². The maximum atomic E-state index is 13.6. The highest BCUT2D eigenvalue weighted by atomic mass is 19.1. The summed E-state index contributed by atoms with van der Waals surface area (Å²) in [5.74, 6) is 2.33. The van der Waals surface area contributed by atoms with Crippen LogP contribution in [0.5, 0.6) is 23.0 Å². The van der Waals surface area contributed by atoms with E-state index >= 15 is 0 Å². The van der Waals surface area contributed by atoms with E-state index in [-0.39, 0.29) is 5.82 Å². The van der Waals surface area contributed by atoms with Crippen molar-refractivity contribution in [2.24, 2.45) is 0 Å². The molecule has 6 rings (SSSR count). The Morgan fingerprint density at radius 3 is 1.90 bits per heavy atom. The van der Waals surface area contributed by atoms with Crippen LogP contribution in [0.4, 0.5) is 10.1 Å². The molecule has 0 bridgehead atoms. The van der Waals surface area contributed by atoms with Crippen LogP contribution in [0.25, 0.3) is 22.5 Å². The van der Waals surface area contributed by atoms with Crippen LogP contribution in [0.15, 0.2) is 97.3 Å². The van der Waals surface area contributed by atoms with Crippen molar-refractivity contribution in [3.63, 3.8) is 0 Å². The van der Waals surface area contributed by atoms with E-state index in [1.165, 1.54) is 17.7 Å². The minimum absolute atomic E-state index is 0.255. The van der Waals surface area contributed by atoms with Gasteiger partial charge in [0.05, 0.1) is 39.8 Å². The predicted octanol–water partition coefficient (Wildman–Crippen LogP) is 7.66. The van der Waals surface area contributed by atoms with Gasteiger partial charge in [0, 0.05) is 61.4 Å². The molecule has 1 fully saturated rings. The van der Waals surface area contributed by atoms with Gasteiger partial charge in [-0.25, -0.2) is 4.39 Å². The van der Waals surface area contributed by atoms with E-state index in [0.717, 1.165) is 78.5 Å². The van der Waals surface area contributed by atoms with Crippen LogP contribution in [0.2, 0.25) is 0 Å². The van der Waals surface area contributed by atoms with Gasteiger partial charge in [0.2, 0.25) is 5.75 Å². The topological polar surface area (TPSA) is 69.2 Å². The first-order valence-corrected chi connectivity index (χ1v) is 16.1. The monoisotopic (exact) mass is 648 g/mol. The van der Waals surface area contributed by atoms with Gasteiger partial charge in [-0.1, -0.05) is 0 Å². The summed E-state index contributed by atoms with van der Waals surface area (Å²) in [6.45, 7) is 3.50. The van der Waals surface area contributed by atoms with Crippen LogP contribution in [0, 0.1) is 5.82 Å². The van der Waals surface area contributed by atoms with Crippen molar-refractivity contribution in [2.45, 2.75) is 32.0 Å². The molecule has 0 atom stereocenters. The highest BCUT2D eigenvalue weighted by Crippen LogP contribution is 2.41. The second-order valence-electron chi connectivity index (χ2n) is 11.9. The van der Waals surface area contributed by atoms with Crippen LogP contribution in [0.3, 0.4) is 0 Å². The third kappa shape index (κ3) is 7.52. The Morgan fingerprint density at radius 2 is 1.29 bits per heavy atom. The molecular weight excluding hydrogens is 607 g/mol. The van der Waals surface area contributed by atoms with E-state index in [4.69, 9.17) is 18.9 Å². The van der Waals surface area contributed by atoms with E-state index in [9.17, 15) is 4.39 Å². The number of ether oxygens (including phenoxy) is 4. The smallest absolute Gasteiger partial charge is 0.203 e. The molecule has 0 aliphatic carbocycles. The molecule has 0 radical (unpaired) electrons. The number of methoxy groups -OCH3 is 4. The minimum atomic E-state index is -0.255. The molecule has 0 unspecified atom stereocenters. The Morgan fingerprint density at radius 1 is 0.688 bits per heavy atom. The lowest BCUT2D eigenvalue weighted by Crippen LogP contribution is -2.44. The van der Waals surface area contributed by atoms with Crippen molar-refractivity contribution in [3.8, 4) is 45.5 Å². The van der Waals surface area contributed by atoms with Gasteiger partial charge in [-0.05, 0) is 109 Å². The van der Waals surface area contributed by atoms with Gasteiger partial charge in [0.25, 0.3) is 0 Å². The summed E-state index contributed by atoms with van der Waals surface area (Å²) in [5, 5.41) is 0. The Bertz CT molecular complexity index is 1780. The molecule has 0 spiro atoms. The number of likely N-dealkylation sites (tertiary alicyclic amines) is 1. The van der Waals surface area contributed by atoms with Crippen LogP contribution in [-0.4, -0.2) is 62.4 Å². The molecule has 248 valence electrons. The largest absolute Gasteiger partial charge is 0.497 e. The number of anilines is 1. The zero-order valence-corrected chi connectivity index (χ0v) is 27.9. The van der Waals surface area contributed by atoms with E-state index < -0.39 is 0 Å². The van der Waals surface area contributed by atoms with Crippen molar-refractivity contribution in [3.05, 3.63) is 114 Å². The van der Waals surface area contributed by atoms with Crippen molar-refractivity contribution < 1.29 is 23.3 Å². The maximum absolute atomic E-state index is 13.6. The van der Waals surface area contributed by atoms with E-state index in [1.54, 1.807) is 40.6 Å². The predicted molar refractivity (Wildman–Crippen MR) is 186 cm³/mol. The second-order valence-corrected chi connectivity index (χ2v) is 11.9. The molecule has 3 heterocycles. The summed E-state index contributed by atoms with van der Waals surface area (Å²) < 4.78 is 35.6. The lowest BCUT2D eigenvalue weighted by atomic mass is 10.00. The zero-order chi connectivity index (χ0) is 33.5. The number of aromatic nitrogens is 2. The van der Waals surface area contributed by atoms with Gasteiger partial charge in [-0.2, -0.15) is 0 Å². The number of benzene rings is 3. The molecular formula is C39H41FN4O4. The van der Waals surface area contributed by atoms with Crippen molar-refractivity contribution >= 4 is 5.69 Å².